The lowest BCUT2D eigenvalue weighted by molar-refractivity contribution is -0.113. The Labute approximate surface area is 207 Å². The van der Waals surface area contributed by atoms with Crippen LogP contribution < -0.4 is 10.1 Å². The molecule has 1 amide bonds. The Bertz CT molecular complexity index is 1130. The second kappa shape index (κ2) is 12.0. The van der Waals surface area contributed by atoms with Crippen LogP contribution in [0.25, 0.3) is 11.4 Å². The van der Waals surface area contributed by atoms with Gasteiger partial charge in [0, 0.05) is 12.1 Å². The molecular weight excluding hydrogens is 474 g/mol. The first-order valence-corrected chi connectivity index (χ1v) is 12.9. The zero-order chi connectivity index (χ0) is 24.7. The average molecular weight is 504 g/mol. The van der Waals surface area contributed by atoms with E-state index >= 15 is 0 Å². The number of benzene rings is 1. The summed E-state index contributed by atoms with van der Waals surface area (Å²) in [5.41, 5.74) is 1.45. The molecular formula is C23H29N5O4S2. The van der Waals surface area contributed by atoms with Crippen LogP contribution in [0.15, 0.2) is 29.4 Å². The fraction of sp³-hybridized carbons (Fsp3) is 0.435. The summed E-state index contributed by atoms with van der Waals surface area (Å²) in [5.74, 6) is 1.46. The molecule has 1 aromatic carbocycles. The fourth-order valence-electron chi connectivity index (χ4n) is 2.98. The second-order valence-electron chi connectivity index (χ2n) is 7.77. The van der Waals surface area contributed by atoms with Crippen molar-refractivity contribution < 1.29 is 19.1 Å². The van der Waals surface area contributed by atoms with Gasteiger partial charge < -0.3 is 19.4 Å². The van der Waals surface area contributed by atoms with Gasteiger partial charge in [-0.2, -0.15) is 0 Å². The van der Waals surface area contributed by atoms with Gasteiger partial charge in [-0.05, 0) is 51.0 Å². The van der Waals surface area contributed by atoms with Crippen LogP contribution in [0.5, 0.6) is 5.75 Å². The molecule has 0 aliphatic rings. The molecule has 0 spiro atoms. The van der Waals surface area contributed by atoms with E-state index in [0.717, 1.165) is 28.5 Å². The summed E-state index contributed by atoms with van der Waals surface area (Å²) in [6, 6.07) is 7.76. The van der Waals surface area contributed by atoms with Gasteiger partial charge in [0.25, 0.3) is 0 Å². The molecule has 3 aromatic rings. The number of carbonyl (C=O) groups is 2. The van der Waals surface area contributed by atoms with Gasteiger partial charge in [-0.15, -0.1) is 10.2 Å². The molecule has 2 aromatic heterocycles. The fourth-order valence-corrected chi connectivity index (χ4v) is 4.66. The monoisotopic (exact) mass is 503 g/mol. The highest BCUT2D eigenvalue weighted by Crippen LogP contribution is 2.27. The number of thioether (sulfide) groups is 1. The van der Waals surface area contributed by atoms with E-state index in [1.54, 1.807) is 13.8 Å². The number of anilines is 1. The lowest BCUT2D eigenvalue weighted by Gasteiger charge is -2.10. The standard InChI is InChI=1S/C23H29N5O4S2/c1-6-28-20(16-8-10-17(11-9-16)32-12-14(3)4)26-27-23(28)33-13-18(29)25-22-24-15(5)19(34-22)21(30)31-7-2/h8-11,14H,6-7,12-13H2,1-5H3,(H,24,25,29). The van der Waals surface area contributed by atoms with Crippen molar-refractivity contribution in [2.75, 3.05) is 24.3 Å². The summed E-state index contributed by atoms with van der Waals surface area (Å²) in [7, 11) is 0. The van der Waals surface area contributed by atoms with Crippen LogP contribution in [-0.4, -0.2) is 50.6 Å². The number of amides is 1. The Kier molecular flexibility index (Phi) is 9.05. The predicted octanol–water partition coefficient (Wildman–Crippen LogP) is 4.67. The molecule has 0 fully saturated rings. The number of ether oxygens (including phenoxy) is 2. The molecule has 0 unspecified atom stereocenters. The highest BCUT2D eigenvalue weighted by molar-refractivity contribution is 7.99. The van der Waals surface area contributed by atoms with Crippen LogP contribution in [0, 0.1) is 12.8 Å². The molecule has 11 heteroatoms. The summed E-state index contributed by atoms with van der Waals surface area (Å²) < 4.78 is 12.7. The SMILES string of the molecule is CCOC(=O)c1sc(NC(=O)CSc2nnc(-c3ccc(OCC(C)C)cc3)n2CC)nc1C. The number of thiazole rings is 1. The second-order valence-corrected chi connectivity index (χ2v) is 9.71. The van der Waals surface area contributed by atoms with E-state index in [4.69, 9.17) is 9.47 Å². The Morgan fingerprint density at radius 1 is 1.18 bits per heavy atom. The topological polar surface area (TPSA) is 108 Å². The summed E-state index contributed by atoms with van der Waals surface area (Å²) in [6.45, 7) is 11.3. The van der Waals surface area contributed by atoms with Gasteiger partial charge in [-0.3, -0.25) is 4.79 Å². The number of aromatic nitrogens is 4. The Morgan fingerprint density at radius 2 is 1.91 bits per heavy atom. The van der Waals surface area contributed by atoms with Gasteiger partial charge in [0.15, 0.2) is 16.1 Å². The van der Waals surface area contributed by atoms with E-state index in [2.05, 4.69) is 34.3 Å². The normalized spacial score (nSPS) is 11.0. The van der Waals surface area contributed by atoms with Crippen molar-refractivity contribution in [3.8, 4) is 17.1 Å². The van der Waals surface area contributed by atoms with Crippen molar-refractivity contribution in [1.82, 2.24) is 19.7 Å². The number of aryl methyl sites for hydroxylation is 1. The predicted molar refractivity (Wildman–Crippen MR) is 134 cm³/mol. The summed E-state index contributed by atoms with van der Waals surface area (Å²) in [4.78, 5) is 29.1. The molecule has 1 N–H and O–H groups in total. The quantitative estimate of drug-likeness (QED) is 0.297. The van der Waals surface area contributed by atoms with Crippen molar-refractivity contribution in [1.29, 1.82) is 0 Å². The number of esters is 1. The molecule has 0 radical (unpaired) electrons. The number of rotatable bonds is 11. The maximum atomic E-state index is 12.5. The Hall–Kier alpha value is -2.92. The Morgan fingerprint density at radius 3 is 2.56 bits per heavy atom. The number of nitrogens with one attached hydrogen (secondary N) is 1. The minimum absolute atomic E-state index is 0.132. The molecule has 3 rings (SSSR count). The number of hydrogen-bond donors (Lipinski definition) is 1. The first kappa shape index (κ1) is 25.7. The van der Waals surface area contributed by atoms with Crippen molar-refractivity contribution >= 4 is 40.1 Å². The van der Waals surface area contributed by atoms with E-state index in [1.165, 1.54) is 11.8 Å². The van der Waals surface area contributed by atoms with E-state index < -0.39 is 5.97 Å². The minimum atomic E-state index is -0.435. The van der Waals surface area contributed by atoms with Crippen LogP contribution in [-0.2, 0) is 16.1 Å². The van der Waals surface area contributed by atoms with Crippen molar-refractivity contribution in [2.45, 2.75) is 46.3 Å². The smallest absolute Gasteiger partial charge is 0.350 e. The van der Waals surface area contributed by atoms with Crippen LogP contribution >= 0.6 is 23.1 Å². The highest BCUT2D eigenvalue weighted by Gasteiger charge is 2.19. The van der Waals surface area contributed by atoms with Gasteiger partial charge in [0.1, 0.15) is 10.6 Å². The summed E-state index contributed by atoms with van der Waals surface area (Å²) >= 11 is 2.39. The summed E-state index contributed by atoms with van der Waals surface area (Å²) in [6.07, 6.45) is 0. The molecule has 0 saturated carbocycles. The van der Waals surface area contributed by atoms with Gasteiger partial charge in [-0.25, -0.2) is 9.78 Å². The van der Waals surface area contributed by atoms with Gasteiger partial charge in [0.05, 0.1) is 24.7 Å². The highest BCUT2D eigenvalue weighted by atomic mass is 32.2. The molecule has 9 nitrogen and oxygen atoms in total. The van der Waals surface area contributed by atoms with Crippen molar-refractivity contribution in [3.63, 3.8) is 0 Å². The first-order chi connectivity index (χ1) is 16.3. The van der Waals surface area contributed by atoms with Crippen molar-refractivity contribution in [3.05, 3.63) is 34.8 Å². The third-order valence-corrected chi connectivity index (χ3v) is 6.58. The minimum Gasteiger partial charge on any atom is -0.493 e. The van der Waals surface area contributed by atoms with Crippen LogP contribution in [0.4, 0.5) is 5.13 Å². The number of nitrogens with zero attached hydrogens (tertiary/aromatic N) is 4. The lowest BCUT2D eigenvalue weighted by Crippen LogP contribution is -2.14. The first-order valence-electron chi connectivity index (χ1n) is 11.1. The largest absolute Gasteiger partial charge is 0.493 e. The van der Waals surface area contributed by atoms with Crippen LogP contribution in [0.2, 0.25) is 0 Å². The third-order valence-electron chi connectivity index (χ3n) is 4.57. The Balaban J connectivity index is 1.62. The zero-order valence-corrected chi connectivity index (χ0v) is 21.6. The molecule has 0 saturated heterocycles. The van der Waals surface area contributed by atoms with E-state index in [0.29, 0.717) is 39.9 Å². The molecule has 34 heavy (non-hydrogen) atoms. The number of carbonyl (C=O) groups excluding carboxylic acids is 2. The van der Waals surface area contributed by atoms with E-state index in [1.807, 2.05) is 35.8 Å². The van der Waals surface area contributed by atoms with Crippen LogP contribution in [0.3, 0.4) is 0 Å². The van der Waals surface area contributed by atoms with Crippen LogP contribution in [0.1, 0.15) is 43.1 Å². The zero-order valence-electron chi connectivity index (χ0n) is 20.0. The van der Waals surface area contributed by atoms with Crippen molar-refractivity contribution in [2.24, 2.45) is 5.92 Å². The molecule has 0 aliphatic carbocycles. The van der Waals surface area contributed by atoms with Gasteiger partial charge in [0.2, 0.25) is 5.91 Å². The molecule has 182 valence electrons. The molecule has 0 bridgehead atoms. The molecule has 0 atom stereocenters. The number of hydrogen-bond acceptors (Lipinski definition) is 9. The molecule has 2 heterocycles. The summed E-state index contributed by atoms with van der Waals surface area (Å²) in [5, 5.41) is 12.4. The maximum Gasteiger partial charge on any atom is 0.350 e. The average Bonchev–Trinajstić information content (AvgIpc) is 3.39. The van der Waals surface area contributed by atoms with Gasteiger partial charge in [-0.1, -0.05) is 36.9 Å². The third kappa shape index (κ3) is 6.57. The van der Waals surface area contributed by atoms with E-state index in [-0.39, 0.29) is 18.3 Å². The molecule has 0 aliphatic heterocycles. The lowest BCUT2D eigenvalue weighted by atomic mass is 10.2. The van der Waals surface area contributed by atoms with E-state index in [9.17, 15) is 9.59 Å². The van der Waals surface area contributed by atoms with Gasteiger partial charge >= 0.3 is 5.97 Å². The maximum absolute atomic E-state index is 12.5.